The van der Waals surface area contributed by atoms with E-state index < -0.39 is 30.3 Å². The summed E-state index contributed by atoms with van der Waals surface area (Å²) in [6.45, 7) is 3.94. The molecule has 0 saturated heterocycles. The third-order valence-corrected chi connectivity index (χ3v) is 6.62. The Hall–Kier alpha value is -3.88. The monoisotopic (exact) mass is 578 g/mol. The average Bonchev–Trinajstić information content (AvgIpc) is 2.96. The quantitative estimate of drug-likeness (QED) is 0.241. The van der Waals surface area contributed by atoms with Gasteiger partial charge < -0.3 is 25.4 Å². The lowest BCUT2D eigenvalue weighted by Crippen LogP contribution is -2.53. The molecule has 3 rings (SSSR count). The highest BCUT2D eigenvalue weighted by Crippen LogP contribution is 2.16. The molecule has 0 bridgehead atoms. The van der Waals surface area contributed by atoms with Gasteiger partial charge in [0.1, 0.15) is 6.61 Å². The highest BCUT2D eigenvalue weighted by molar-refractivity contribution is 6.30. The number of alkyl carbamates (subject to hydrolysis) is 1. The van der Waals surface area contributed by atoms with Crippen molar-refractivity contribution in [2.45, 2.75) is 58.0 Å². The van der Waals surface area contributed by atoms with Gasteiger partial charge in [0.15, 0.2) is 0 Å². The molecule has 217 valence electrons. The maximum Gasteiger partial charge on any atom is 0.407 e. The van der Waals surface area contributed by atoms with Crippen molar-refractivity contribution in [3.8, 4) is 0 Å². The maximum atomic E-state index is 13.4. The summed E-state index contributed by atoms with van der Waals surface area (Å²) >= 11 is 6.17. The molecule has 2 unspecified atom stereocenters. The van der Waals surface area contributed by atoms with Crippen molar-refractivity contribution in [3.05, 3.63) is 107 Å². The predicted molar refractivity (Wildman–Crippen MR) is 159 cm³/mol. The van der Waals surface area contributed by atoms with E-state index in [-0.39, 0.29) is 25.6 Å². The summed E-state index contributed by atoms with van der Waals surface area (Å²) < 4.78 is 5.40. The molecule has 41 heavy (non-hydrogen) atoms. The molecule has 3 N–H and O–H groups in total. The van der Waals surface area contributed by atoms with Crippen LogP contribution >= 0.6 is 11.6 Å². The maximum absolute atomic E-state index is 13.4. The van der Waals surface area contributed by atoms with Gasteiger partial charge in [0, 0.05) is 11.6 Å². The third kappa shape index (κ3) is 11.3. The summed E-state index contributed by atoms with van der Waals surface area (Å²) in [5.74, 6) is 0.162. The Morgan fingerprint density at radius 1 is 0.927 bits per heavy atom. The van der Waals surface area contributed by atoms with E-state index in [2.05, 4.69) is 10.6 Å². The van der Waals surface area contributed by atoms with E-state index >= 15 is 0 Å². The summed E-state index contributed by atoms with van der Waals surface area (Å²) in [4.78, 5) is 39.1. The van der Waals surface area contributed by atoms with Crippen LogP contribution in [0.4, 0.5) is 9.59 Å². The number of halogens is 1. The lowest BCUT2D eigenvalue weighted by Gasteiger charge is -2.31. The minimum absolute atomic E-state index is 0.0730. The van der Waals surface area contributed by atoms with Crippen molar-refractivity contribution in [3.63, 3.8) is 0 Å². The summed E-state index contributed by atoms with van der Waals surface area (Å²) in [6, 6.07) is 23.6. The molecule has 3 aromatic rings. The van der Waals surface area contributed by atoms with Gasteiger partial charge in [-0.3, -0.25) is 4.79 Å². The van der Waals surface area contributed by atoms with Gasteiger partial charge in [0.05, 0.1) is 24.7 Å². The van der Waals surface area contributed by atoms with E-state index in [1.807, 2.05) is 86.9 Å². The molecule has 3 amide bonds. The number of carbonyl (C=O) groups excluding carboxylic acids is 3. The van der Waals surface area contributed by atoms with Crippen LogP contribution in [0.5, 0.6) is 0 Å². The molecule has 0 aliphatic heterocycles. The number of aliphatic hydroxyl groups is 1. The molecule has 0 saturated carbocycles. The van der Waals surface area contributed by atoms with Crippen LogP contribution in [-0.2, 0) is 29.1 Å². The average molecular weight is 579 g/mol. The van der Waals surface area contributed by atoms with Gasteiger partial charge in [-0.2, -0.15) is 0 Å². The zero-order chi connectivity index (χ0) is 29.6. The Balaban J connectivity index is 1.78. The van der Waals surface area contributed by atoms with Crippen molar-refractivity contribution in [2.24, 2.45) is 5.92 Å². The first-order chi connectivity index (χ1) is 19.7. The minimum atomic E-state index is -1.17. The Kier molecular flexibility index (Phi) is 12.7. The first kappa shape index (κ1) is 31.6. The number of rotatable bonds is 14. The van der Waals surface area contributed by atoms with Gasteiger partial charge in [-0.1, -0.05) is 98.2 Å². The Morgan fingerprint density at radius 3 is 2.17 bits per heavy atom. The van der Waals surface area contributed by atoms with E-state index in [9.17, 15) is 19.5 Å². The van der Waals surface area contributed by atoms with Gasteiger partial charge in [-0.15, -0.1) is 0 Å². The van der Waals surface area contributed by atoms with Crippen LogP contribution < -0.4 is 10.6 Å². The molecule has 0 aliphatic rings. The third-order valence-electron chi connectivity index (χ3n) is 6.38. The van der Waals surface area contributed by atoms with Crippen LogP contribution in [0.1, 0.15) is 37.0 Å². The molecule has 0 aromatic heterocycles. The van der Waals surface area contributed by atoms with Gasteiger partial charge in [-0.05, 0) is 47.6 Å². The molecule has 0 heterocycles. The second-order valence-corrected chi connectivity index (χ2v) is 10.8. The number of aliphatic hydroxyl groups excluding tert-OH is 1. The van der Waals surface area contributed by atoms with E-state index in [1.54, 1.807) is 18.2 Å². The molecule has 0 spiro atoms. The van der Waals surface area contributed by atoms with Crippen molar-refractivity contribution in [1.82, 2.24) is 15.5 Å². The second kappa shape index (κ2) is 16.4. The number of carbonyl (C=O) groups is 2. The van der Waals surface area contributed by atoms with Gasteiger partial charge in [0.2, 0.25) is 6.29 Å². The molecule has 3 aromatic carbocycles. The number of hydrogen-bond acceptors (Lipinski definition) is 5. The Bertz CT molecular complexity index is 1240. The molecular formula is C32H37ClN3O5. The first-order valence-corrected chi connectivity index (χ1v) is 14.0. The summed E-state index contributed by atoms with van der Waals surface area (Å²) in [6.07, 6.45) is 0.752. The highest BCUT2D eigenvalue weighted by Gasteiger charge is 2.28. The molecule has 8 nitrogen and oxygen atoms in total. The van der Waals surface area contributed by atoms with Crippen LogP contribution in [0.3, 0.4) is 0 Å². The van der Waals surface area contributed by atoms with E-state index in [1.165, 1.54) is 4.90 Å². The number of nitrogens with one attached hydrogen (secondary N) is 2. The topological polar surface area (TPSA) is 108 Å². The van der Waals surface area contributed by atoms with Crippen LogP contribution in [0.2, 0.25) is 5.02 Å². The van der Waals surface area contributed by atoms with Crippen LogP contribution in [-0.4, -0.2) is 53.1 Å². The summed E-state index contributed by atoms with van der Waals surface area (Å²) in [7, 11) is 0. The van der Waals surface area contributed by atoms with Crippen molar-refractivity contribution >= 4 is 30.0 Å². The van der Waals surface area contributed by atoms with Crippen molar-refractivity contribution in [1.29, 1.82) is 0 Å². The number of amides is 3. The smallest absolute Gasteiger partial charge is 0.407 e. The summed E-state index contributed by atoms with van der Waals surface area (Å²) in [5, 5.41) is 17.4. The fourth-order valence-corrected chi connectivity index (χ4v) is 4.56. The van der Waals surface area contributed by atoms with E-state index in [0.29, 0.717) is 17.9 Å². The SMILES string of the molecule is CC(C)C[C@@H]([C]=O)NC(=O)N(Cc1cccc(Cl)c1)CC(O)C(Cc1ccccc1)NC(=O)OCc1ccccc1. The zero-order valence-corrected chi connectivity index (χ0v) is 24.1. The van der Waals surface area contributed by atoms with Gasteiger partial charge >= 0.3 is 12.1 Å². The highest BCUT2D eigenvalue weighted by atomic mass is 35.5. The molecule has 0 aliphatic carbocycles. The molecule has 9 heteroatoms. The van der Waals surface area contributed by atoms with E-state index in [4.69, 9.17) is 16.3 Å². The van der Waals surface area contributed by atoms with Crippen LogP contribution in [0.25, 0.3) is 0 Å². The van der Waals surface area contributed by atoms with Crippen molar-refractivity contribution < 1.29 is 24.2 Å². The van der Waals surface area contributed by atoms with Crippen LogP contribution in [0.15, 0.2) is 84.9 Å². The summed E-state index contributed by atoms with van der Waals surface area (Å²) in [5.41, 5.74) is 2.46. The fraction of sp³-hybridized carbons (Fsp3) is 0.344. The Morgan fingerprint density at radius 2 is 1.56 bits per heavy atom. The van der Waals surface area contributed by atoms with Crippen molar-refractivity contribution in [2.75, 3.05) is 6.54 Å². The van der Waals surface area contributed by atoms with Gasteiger partial charge in [0.25, 0.3) is 0 Å². The number of hydrogen-bond donors (Lipinski definition) is 3. The fourth-order valence-electron chi connectivity index (χ4n) is 4.34. The lowest BCUT2D eigenvalue weighted by atomic mass is 10.0. The number of benzene rings is 3. The van der Waals surface area contributed by atoms with Gasteiger partial charge in [-0.25, -0.2) is 9.59 Å². The standard InChI is InChI=1S/C32H37ClN3O5/c1-23(2)16-28(21-37)34-31(39)36(19-26-14-9-15-27(33)17-26)20-30(38)29(18-24-10-5-3-6-11-24)35-32(40)41-22-25-12-7-4-8-13-25/h3-15,17,23,28-30,38H,16,18-20,22H2,1-2H3,(H,34,39)(H,35,40)/t28-,29?,30?/m0/s1. The van der Waals surface area contributed by atoms with E-state index in [0.717, 1.165) is 16.7 Å². The molecule has 3 atom stereocenters. The van der Waals surface area contributed by atoms with Crippen LogP contribution in [0, 0.1) is 5.92 Å². The minimum Gasteiger partial charge on any atom is -0.445 e. The second-order valence-electron chi connectivity index (χ2n) is 10.3. The number of ether oxygens (including phenoxy) is 1. The first-order valence-electron chi connectivity index (χ1n) is 13.6. The largest absolute Gasteiger partial charge is 0.445 e. The number of nitrogens with zero attached hydrogens (tertiary/aromatic N) is 1. The molecule has 0 fully saturated rings. The number of urea groups is 1. The molecule has 1 radical (unpaired) electrons. The normalized spacial score (nSPS) is 13.1. The predicted octanol–water partition coefficient (Wildman–Crippen LogP) is 5.27. The zero-order valence-electron chi connectivity index (χ0n) is 23.3. The molecular weight excluding hydrogens is 542 g/mol. The Labute approximate surface area is 246 Å². The lowest BCUT2D eigenvalue weighted by molar-refractivity contribution is 0.0767.